The van der Waals surface area contributed by atoms with Crippen molar-refractivity contribution in [2.24, 2.45) is 5.92 Å². The van der Waals surface area contributed by atoms with Crippen LogP contribution in [0.1, 0.15) is 41.5 Å². The molecule has 0 aliphatic carbocycles. The Labute approximate surface area is 138 Å². The Morgan fingerprint density at radius 2 is 1.67 bits per heavy atom. The number of hydrogen-bond donors (Lipinski definition) is 1. The molecule has 1 aromatic carbocycles. The second-order valence-corrected chi connectivity index (χ2v) is 5.45. The molecule has 0 fully saturated rings. The summed E-state index contributed by atoms with van der Waals surface area (Å²) in [6, 6.07) is 5.09. The average molecular weight is 334 g/mol. The number of hydrogen-bond acceptors (Lipinski definition) is 6. The summed E-state index contributed by atoms with van der Waals surface area (Å²) in [6.45, 7) is 5.13. The molecule has 0 bridgehead atoms. The zero-order valence-electron chi connectivity index (χ0n) is 13.6. The molecule has 0 aromatic heterocycles. The van der Waals surface area contributed by atoms with Gasteiger partial charge in [0.25, 0.3) is 11.8 Å². The number of carbonyl (C=O) groups excluding carboxylic acids is 4. The van der Waals surface area contributed by atoms with Crippen LogP contribution in [-0.2, 0) is 14.4 Å². The maximum atomic E-state index is 12.3. The maximum absolute atomic E-state index is 12.3. The molecule has 3 amide bonds. The Balaban J connectivity index is 2.12. The molecule has 24 heavy (non-hydrogen) atoms. The number of hydroxylamine groups is 2. The normalized spacial score (nSPS) is 14.4. The van der Waals surface area contributed by atoms with Crippen LogP contribution in [0.25, 0.3) is 0 Å². The third-order valence-corrected chi connectivity index (χ3v) is 3.41. The Kier molecular flexibility index (Phi) is 5.18. The van der Waals surface area contributed by atoms with E-state index in [1.54, 1.807) is 32.9 Å². The minimum absolute atomic E-state index is 0.143. The third kappa shape index (κ3) is 3.37. The number of alkyl carbamates (subject to hydrolysis) is 1. The Hall–Kier alpha value is -2.90. The monoisotopic (exact) mass is 334 g/mol. The topological polar surface area (TPSA) is 102 Å². The van der Waals surface area contributed by atoms with Crippen molar-refractivity contribution in [3.63, 3.8) is 0 Å². The quantitative estimate of drug-likeness (QED) is 0.819. The summed E-state index contributed by atoms with van der Waals surface area (Å²) in [4.78, 5) is 53.1. The van der Waals surface area contributed by atoms with Crippen LogP contribution in [0, 0.1) is 5.92 Å². The molecular formula is C16H18N2O6. The van der Waals surface area contributed by atoms with Gasteiger partial charge < -0.3 is 14.9 Å². The summed E-state index contributed by atoms with van der Waals surface area (Å²) < 4.78 is 4.73. The fourth-order valence-corrected chi connectivity index (χ4v) is 2.19. The molecule has 128 valence electrons. The first-order chi connectivity index (χ1) is 11.4. The van der Waals surface area contributed by atoms with Crippen LogP contribution >= 0.6 is 0 Å². The summed E-state index contributed by atoms with van der Waals surface area (Å²) in [5.41, 5.74) is 0.324. The fourth-order valence-electron chi connectivity index (χ4n) is 2.19. The Morgan fingerprint density at radius 3 is 2.12 bits per heavy atom. The van der Waals surface area contributed by atoms with Gasteiger partial charge in [0.05, 0.1) is 17.7 Å². The third-order valence-electron chi connectivity index (χ3n) is 3.41. The Bertz CT molecular complexity index is 650. The summed E-state index contributed by atoms with van der Waals surface area (Å²) in [7, 11) is 0. The fraction of sp³-hybridized carbons (Fsp3) is 0.375. The van der Waals surface area contributed by atoms with Gasteiger partial charge in [0.2, 0.25) is 0 Å². The molecule has 8 heteroatoms. The van der Waals surface area contributed by atoms with Crippen LogP contribution in [0.4, 0.5) is 4.79 Å². The molecule has 1 aromatic rings. The molecule has 0 saturated carbocycles. The lowest BCUT2D eigenvalue weighted by Gasteiger charge is -2.22. The average Bonchev–Trinajstić information content (AvgIpc) is 2.78. The highest BCUT2D eigenvalue weighted by Gasteiger charge is 2.40. The van der Waals surface area contributed by atoms with Gasteiger partial charge in [-0.1, -0.05) is 31.0 Å². The van der Waals surface area contributed by atoms with Crippen molar-refractivity contribution >= 4 is 23.9 Å². The van der Waals surface area contributed by atoms with Crippen LogP contribution in [0.2, 0.25) is 0 Å². The van der Waals surface area contributed by atoms with Gasteiger partial charge in [0.1, 0.15) is 6.04 Å². The molecular weight excluding hydrogens is 316 g/mol. The smallest absolute Gasteiger partial charge is 0.407 e. The van der Waals surface area contributed by atoms with Crippen LogP contribution in [0.5, 0.6) is 0 Å². The molecule has 1 unspecified atom stereocenters. The number of nitrogens with one attached hydrogen (secondary N) is 1. The molecule has 2 rings (SSSR count). The summed E-state index contributed by atoms with van der Waals surface area (Å²) in [5, 5.41) is 2.77. The van der Waals surface area contributed by atoms with Crippen molar-refractivity contribution < 1.29 is 28.8 Å². The Morgan fingerprint density at radius 1 is 1.12 bits per heavy atom. The van der Waals surface area contributed by atoms with Gasteiger partial charge >= 0.3 is 12.1 Å². The predicted octanol–water partition coefficient (Wildman–Crippen LogP) is 1.51. The predicted molar refractivity (Wildman–Crippen MR) is 81.8 cm³/mol. The van der Waals surface area contributed by atoms with E-state index in [0.29, 0.717) is 5.06 Å². The highest BCUT2D eigenvalue weighted by atomic mass is 16.7. The van der Waals surface area contributed by atoms with Crippen LogP contribution < -0.4 is 5.32 Å². The molecule has 8 nitrogen and oxygen atoms in total. The lowest BCUT2D eigenvalue weighted by atomic mass is 10.1. The van der Waals surface area contributed by atoms with Crippen molar-refractivity contribution in [1.29, 1.82) is 0 Å². The number of nitrogens with zero attached hydrogens (tertiary/aromatic N) is 1. The molecule has 0 saturated heterocycles. The van der Waals surface area contributed by atoms with E-state index in [-0.39, 0.29) is 23.7 Å². The molecule has 1 heterocycles. The molecule has 1 aliphatic rings. The van der Waals surface area contributed by atoms with Crippen LogP contribution in [0.3, 0.4) is 0 Å². The zero-order valence-corrected chi connectivity index (χ0v) is 13.6. The van der Waals surface area contributed by atoms with Crippen LogP contribution in [0.15, 0.2) is 24.3 Å². The van der Waals surface area contributed by atoms with Crippen LogP contribution in [-0.4, -0.2) is 41.6 Å². The van der Waals surface area contributed by atoms with Gasteiger partial charge in [-0.05, 0) is 25.0 Å². The second kappa shape index (κ2) is 7.12. The number of amides is 3. The van der Waals surface area contributed by atoms with E-state index in [4.69, 9.17) is 9.57 Å². The molecule has 0 spiro atoms. The van der Waals surface area contributed by atoms with Crippen molar-refractivity contribution in [1.82, 2.24) is 10.4 Å². The first kappa shape index (κ1) is 17.5. The van der Waals surface area contributed by atoms with Gasteiger partial charge in [-0.3, -0.25) is 9.59 Å². The number of benzene rings is 1. The van der Waals surface area contributed by atoms with E-state index in [2.05, 4.69) is 5.32 Å². The SMILES string of the molecule is CCOC(=O)NC(C(=O)ON1C(=O)c2ccccc2C1=O)C(C)C. The number of carbonyl (C=O) groups is 4. The van der Waals surface area contributed by atoms with E-state index in [0.717, 1.165) is 0 Å². The van der Waals surface area contributed by atoms with Gasteiger partial charge in [0.15, 0.2) is 0 Å². The van der Waals surface area contributed by atoms with Crippen molar-refractivity contribution in [2.45, 2.75) is 26.8 Å². The largest absolute Gasteiger partial charge is 0.450 e. The lowest BCUT2D eigenvalue weighted by Crippen LogP contribution is -2.48. The maximum Gasteiger partial charge on any atom is 0.407 e. The first-order valence-electron chi connectivity index (χ1n) is 7.49. The summed E-state index contributed by atoms with van der Waals surface area (Å²) in [6.07, 6.45) is -0.782. The van der Waals surface area contributed by atoms with Gasteiger partial charge in [0, 0.05) is 0 Å². The highest BCUT2D eigenvalue weighted by Crippen LogP contribution is 2.23. The molecule has 1 N–H and O–H groups in total. The van der Waals surface area contributed by atoms with Crippen molar-refractivity contribution in [2.75, 3.05) is 6.61 Å². The van der Waals surface area contributed by atoms with E-state index < -0.39 is 29.9 Å². The number of fused-ring (bicyclic) bond motifs is 1. The number of imide groups is 1. The number of rotatable bonds is 5. The zero-order chi connectivity index (χ0) is 17.9. The lowest BCUT2D eigenvalue weighted by molar-refractivity contribution is -0.172. The van der Waals surface area contributed by atoms with E-state index in [1.165, 1.54) is 12.1 Å². The molecule has 0 radical (unpaired) electrons. The molecule has 1 aliphatic heterocycles. The standard InChI is InChI=1S/C16H18N2O6/c1-4-23-16(22)17-12(9(2)3)15(21)24-18-13(19)10-7-5-6-8-11(10)14(18)20/h5-9,12H,4H2,1-3H3,(H,17,22). The molecule has 1 atom stereocenters. The van der Waals surface area contributed by atoms with Gasteiger partial charge in [-0.15, -0.1) is 0 Å². The van der Waals surface area contributed by atoms with E-state index in [9.17, 15) is 19.2 Å². The summed E-state index contributed by atoms with van der Waals surface area (Å²) >= 11 is 0. The second-order valence-electron chi connectivity index (χ2n) is 5.45. The minimum Gasteiger partial charge on any atom is -0.450 e. The van der Waals surface area contributed by atoms with Crippen molar-refractivity contribution in [3.05, 3.63) is 35.4 Å². The van der Waals surface area contributed by atoms with Gasteiger partial charge in [-0.2, -0.15) is 0 Å². The van der Waals surface area contributed by atoms with E-state index >= 15 is 0 Å². The first-order valence-corrected chi connectivity index (χ1v) is 7.49. The van der Waals surface area contributed by atoms with Gasteiger partial charge in [-0.25, -0.2) is 9.59 Å². The number of ether oxygens (including phenoxy) is 1. The van der Waals surface area contributed by atoms with Crippen molar-refractivity contribution in [3.8, 4) is 0 Å². The van der Waals surface area contributed by atoms with E-state index in [1.807, 2.05) is 0 Å². The highest BCUT2D eigenvalue weighted by molar-refractivity contribution is 6.20. The minimum atomic E-state index is -1.06. The summed E-state index contributed by atoms with van der Waals surface area (Å²) in [5.74, 6) is -2.70.